The number of nitrogens with zero attached hydrogens (tertiary/aromatic N) is 1. The highest BCUT2D eigenvalue weighted by Crippen LogP contribution is 2.23. The Hall–Kier alpha value is -1.91. The van der Waals surface area contributed by atoms with Crippen LogP contribution in [0.3, 0.4) is 0 Å². The Morgan fingerprint density at radius 1 is 1.40 bits per heavy atom. The maximum Gasteiger partial charge on any atom is 0.273 e. The standard InChI is InChI=1S/C10H12N2O3/c1-6-3-8(5-10(11)13)9(12(14)15)4-7(6)2/h3-4H,5H2,1-2H3,(H2,11,13). The minimum atomic E-state index is -0.568. The summed E-state index contributed by atoms with van der Waals surface area (Å²) in [6.45, 7) is 3.62. The Labute approximate surface area is 87.0 Å². The number of nitro groups is 1. The van der Waals surface area contributed by atoms with Gasteiger partial charge in [-0.25, -0.2) is 0 Å². The number of primary amides is 1. The molecule has 5 nitrogen and oxygen atoms in total. The van der Waals surface area contributed by atoms with E-state index in [-0.39, 0.29) is 12.1 Å². The maximum atomic E-state index is 10.7. The van der Waals surface area contributed by atoms with E-state index < -0.39 is 10.8 Å². The molecule has 5 heteroatoms. The van der Waals surface area contributed by atoms with E-state index in [4.69, 9.17) is 5.73 Å². The molecule has 0 aromatic heterocycles. The van der Waals surface area contributed by atoms with Crippen LogP contribution in [0.25, 0.3) is 0 Å². The fourth-order valence-electron chi connectivity index (χ4n) is 1.36. The van der Waals surface area contributed by atoms with Crippen molar-refractivity contribution in [1.82, 2.24) is 0 Å². The monoisotopic (exact) mass is 208 g/mol. The normalized spacial score (nSPS) is 10.0. The van der Waals surface area contributed by atoms with E-state index in [1.165, 1.54) is 6.07 Å². The number of nitrogens with two attached hydrogens (primary N) is 1. The molecule has 0 saturated heterocycles. The van der Waals surface area contributed by atoms with Gasteiger partial charge in [0.2, 0.25) is 5.91 Å². The summed E-state index contributed by atoms with van der Waals surface area (Å²) in [6, 6.07) is 3.10. The summed E-state index contributed by atoms with van der Waals surface area (Å²) in [5, 5.41) is 10.7. The molecule has 0 aliphatic rings. The minimum Gasteiger partial charge on any atom is -0.369 e. The van der Waals surface area contributed by atoms with Crippen molar-refractivity contribution in [3.8, 4) is 0 Å². The lowest BCUT2D eigenvalue weighted by molar-refractivity contribution is -0.385. The Bertz CT molecular complexity index is 427. The van der Waals surface area contributed by atoms with E-state index in [2.05, 4.69) is 0 Å². The summed E-state index contributed by atoms with van der Waals surface area (Å²) >= 11 is 0. The number of aryl methyl sites for hydroxylation is 2. The van der Waals surface area contributed by atoms with Crippen LogP contribution < -0.4 is 5.73 Å². The van der Waals surface area contributed by atoms with Gasteiger partial charge in [0.25, 0.3) is 5.69 Å². The third-order valence-corrected chi connectivity index (χ3v) is 2.26. The summed E-state index contributed by atoms with van der Waals surface area (Å²) in [6.07, 6.45) is -0.0998. The second kappa shape index (κ2) is 4.08. The van der Waals surface area contributed by atoms with E-state index in [0.717, 1.165) is 11.1 Å². The van der Waals surface area contributed by atoms with Crippen molar-refractivity contribution in [2.24, 2.45) is 5.73 Å². The third-order valence-electron chi connectivity index (χ3n) is 2.26. The first-order valence-electron chi connectivity index (χ1n) is 4.44. The number of carbonyl (C=O) groups is 1. The van der Waals surface area contributed by atoms with Crippen molar-refractivity contribution in [1.29, 1.82) is 0 Å². The van der Waals surface area contributed by atoms with Crippen LogP contribution in [0.5, 0.6) is 0 Å². The molecule has 15 heavy (non-hydrogen) atoms. The SMILES string of the molecule is Cc1cc(CC(N)=O)c([N+](=O)[O-])cc1C. The molecular weight excluding hydrogens is 196 g/mol. The van der Waals surface area contributed by atoms with Gasteiger partial charge in [-0.05, 0) is 31.0 Å². The van der Waals surface area contributed by atoms with Gasteiger partial charge in [-0.15, -0.1) is 0 Å². The number of nitro benzene ring substituents is 1. The molecule has 0 spiro atoms. The second-order valence-electron chi connectivity index (χ2n) is 3.47. The molecule has 1 amide bonds. The summed E-state index contributed by atoms with van der Waals surface area (Å²) in [5.41, 5.74) is 7.09. The lowest BCUT2D eigenvalue weighted by atomic mass is 10.0. The molecule has 0 atom stereocenters. The number of hydrogen-bond donors (Lipinski definition) is 1. The Morgan fingerprint density at radius 3 is 2.40 bits per heavy atom. The fraction of sp³-hybridized carbons (Fsp3) is 0.300. The van der Waals surface area contributed by atoms with Gasteiger partial charge in [0, 0.05) is 11.6 Å². The van der Waals surface area contributed by atoms with Crippen LogP contribution in [0.15, 0.2) is 12.1 Å². The van der Waals surface area contributed by atoms with Crippen molar-refractivity contribution in [2.45, 2.75) is 20.3 Å². The van der Waals surface area contributed by atoms with Gasteiger partial charge in [-0.1, -0.05) is 0 Å². The van der Waals surface area contributed by atoms with E-state index in [9.17, 15) is 14.9 Å². The quantitative estimate of drug-likeness (QED) is 0.598. The first-order chi connectivity index (χ1) is 6.91. The molecule has 0 aliphatic heterocycles. The Balaban J connectivity index is 3.28. The minimum absolute atomic E-state index is 0.0445. The van der Waals surface area contributed by atoms with Crippen molar-refractivity contribution < 1.29 is 9.72 Å². The number of hydrogen-bond acceptors (Lipinski definition) is 3. The molecule has 0 heterocycles. The molecule has 1 rings (SSSR count). The second-order valence-corrected chi connectivity index (χ2v) is 3.47. The zero-order chi connectivity index (χ0) is 11.6. The van der Waals surface area contributed by atoms with Crippen LogP contribution >= 0.6 is 0 Å². The molecule has 1 aromatic rings. The highest BCUT2D eigenvalue weighted by molar-refractivity contribution is 5.78. The van der Waals surface area contributed by atoms with Crippen molar-refractivity contribution >= 4 is 11.6 Å². The van der Waals surface area contributed by atoms with Gasteiger partial charge in [-0.3, -0.25) is 14.9 Å². The van der Waals surface area contributed by atoms with Gasteiger partial charge in [0.05, 0.1) is 11.3 Å². The van der Waals surface area contributed by atoms with Crippen LogP contribution in [-0.2, 0) is 11.2 Å². The van der Waals surface area contributed by atoms with Crippen LogP contribution in [-0.4, -0.2) is 10.8 Å². The van der Waals surface area contributed by atoms with E-state index in [0.29, 0.717) is 5.56 Å². The molecule has 80 valence electrons. The summed E-state index contributed by atoms with van der Waals surface area (Å²) in [7, 11) is 0. The highest BCUT2D eigenvalue weighted by atomic mass is 16.6. The zero-order valence-electron chi connectivity index (χ0n) is 8.61. The van der Waals surface area contributed by atoms with Crippen LogP contribution in [0.2, 0.25) is 0 Å². The summed E-state index contributed by atoms with van der Waals surface area (Å²) in [4.78, 5) is 21.0. The Kier molecular flexibility index (Phi) is 3.04. The predicted molar refractivity (Wildman–Crippen MR) is 55.5 cm³/mol. The number of amides is 1. The smallest absolute Gasteiger partial charge is 0.273 e. The van der Waals surface area contributed by atoms with E-state index >= 15 is 0 Å². The van der Waals surface area contributed by atoms with Gasteiger partial charge in [-0.2, -0.15) is 0 Å². The van der Waals surface area contributed by atoms with Crippen LogP contribution in [0.4, 0.5) is 5.69 Å². The predicted octanol–water partition coefficient (Wildman–Crippen LogP) is 1.24. The molecule has 0 unspecified atom stereocenters. The third kappa shape index (κ3) is 2.52. The van der Waals surface area contributed by atoms with Crippen LogP contribution in [0.1, 0.15) is 16.7 Å². The highest BCUT2D eigenvalue weighted by Gasteiger charge is 2.16. The average Bonchev–Trinajstić information content (AvgIpc) is 2.09. The summed E-state index contributed by atoms with van der Waals surface area (Å²) in [5.74, 6) is -0.568. The van der Waals surface area contributed by atoms with Crippen LogP contribution in [0, 0.1) is 24.0 Å². The molecule has 2 N–H and O–H groups in total. The number of rotatable bonds is 3. The first-order valence-corrected chi connectivity index (χ1v) is 4.44. The van der Waals surface area contributed by atoms with Crippen molar-refractivity contribution in [2.75, 3.05) is 0 Å². The molecule has 1 aromatic carbocycles. The van der Waals surface area contributed by atoms with Gasteiger partial charge in [0.1, 0.15) is 0 Å². The van der Waals surface area contributed by atoms with E-state index in [1.807, 2.05) is 6.92 Å². The lowest BCUT2D eigenvalue weighted by Crippen LogP contribution is -2.15. The van der Waals surface area contributed by atoms with Gasteiger partial charge < -0.3 is 5.73 Å². The topological polar surface area (TPSA) is 86.2 Å². The van der Waals surface area contributed by atoms with Crippen molar-refractivity contribution in [3.05, 3.63) is 38.9 Å². The largest absolute Gasteiger partial charge is 0.369 e. The fourth-order valence-corrected chi connectivity index (χ4v) is 1.36. The number of benzene rings is 1. The van der Waals surface area contributed by atoms with Crippen molar-refractivity contribution in [3.63, 3.8) is 0 Å². The molecule has 0 radical (unpaired) electrons. The average molecular weight is 208 g/mol. The van der Waals surface area contributed by atoms with Gasteiger partial charge >= 0.3 is 0 Å². The van der Waals surface area contributed by atoms with E-state index in [1.54, 1.807) is 13.0 Å². The molecule has 0 aliphatic carbocycles. The first kappa shape index (κ1) is 11.2. The molecule has 0 saturated carbocycles. The molecule has 0 fully saturated rings. The van der Waals surface area contributed by atoms with Gasteiger partial charge in [0.15, 0.2) is 0 Å². The Morgan fingerprint density at radius 2 is 1.93 bits per heavy atom. The summed E-state index contributed by atoms with van der Waals surface area (Å²) < 4.78 is 0. The lowest BCUT2D eigenvalue weighted by Gasteiger charge is -2.05. The number of carbonyl (C=O) groups excluding carboxylic acids is 1. The zero-order valence-corrected chi connectivity index (χ0v) is 8.61. The maximum absolute atomic E-state index is 10.7. The molecular formula is C10H12N2O3. The molecule has 0 bridgehead atoms.